The van der Waals surface area contributed by atoms with Gasteiger partial charge in [-0.1, -0.05) is 59.2 Å². The molecule has 182 valence electrons. The van der Waals surface area contributed by atoms with E-state index in [0.717, 1.165) is 42.2 Å². The molecule has 0 aliphatic carbocycles. The molecule has 0 atom stereocenters. The summed E-state index contributed by atoms with van der Waals surface area (Å²) in [5, 5.41) is 6.12. The van der Waals surface area contributed by atoms with Crippen molar-refractivity contribution in [2.45, 2.75) is 4.34 Å². The Morgan fingerprint density at radius 3 is 2.65 bits per heavy atom. The van der Waals surface area contributed by atoms with Crippen LogP contribution in [0.5, 0.6) is 0 Å². The Balaban J connectivity index is 1.12. The molecule has 1 N–H and O–H groups in total. The zero-order valence-electron chi connectivity index (χ0n) is 19.1. The van der Waals surface area contributed by atoms with Crippen LogP contribution in [0, 0.1) is 0 Å². The minimum absolute atomic E-state index is 0.110. The Bertz CT molecular complexity index is 1810. The highest BCUT2D eigenvalue weighted by Crippen LogP contribution is 2.33. The number of thioether (sulfide) groups is 1. The molecular weight excluding hydrogens is 545 g/mol. The lowest BCUT2D eigenvalue weighted by Gasteiger charge is -2.04. The number of fused-ring (bicyclic) bond motifs is 4. The maximum Gasteiger partial charge on any atom is 0.234 e. The number of hydrogen-bond donors (Lipinski definition) is 1. The number of furan rings is 1. The Kier molecular flexibility index (Phi) is 6.61. The van der Waals surface area contributed by atoms with Gasteiger partial charge in [-0.15, -0.1) is 11.3 Å². The van der Waals surface area contributed by atoms with Crippen LogP contribution in [0.25, 0.3) is 32.2 Å². The van der Waals surface area contributed by atoms with Gasteiger partial charge in [0.25, 0.3) is 0 Å². The predicted molar refractivity (Wildman–Crippen MR) is 156 cm³/mol. The number of carbonyl (C=O) groups is 1. The lowest BCUT2D eigenvalue weighted by Crippen LogP contribution is -2.13. The normalized spacial score (nSPS) is 11.7. The first-order valence-electron chi connectivity index (χ1n) is 11.3. The highest BCUT2D eigenvalue weighted by atomic mass is 35.5. The average molecular weight is 563 g/mol. The molecule has 1 amide bonds. The van der Waals surface area contributed by atoms with Gasteiger partial charge in [0.05, 0.1) is 31.7 Å². The van der Waals surface area contributed by atoms with Crippen molar-refractivity contribution in [2.24, 2.45) is 4.99 Å². The van der Waals surface area contributed by atoms with E-state index in [2.05, 4.69) is 15.3 Å². The number of para-hydroxylation sites is 1. The maximum atomic E-state index is 12.6. The van der Waals surface area contributed by atoms with E-state index in [1.54, 1.807) is 24.4 Å². The molecule has 9 heteroatoms. The monoisotopic (exact) mass is 561 g/mol. The van der Waals surface area contributed by atoms with E-state index in [1.807, 2.05) is 60.7 Å². The van der Waals surface area contributed by atoms with Crippen LogP contribution >= 0.6 is 46.3 Å². The summed E-state index contributed by atoms with van der Waals surface area (Å²) in [4.78, 5) is 21.8. The molecule has 5 nitrogen and oxygen atoms in total. The molecule has 0 radical (unpaired) electrons. The van der Waals surface area contributed by atoms with Crippen molar-refractivity contribution in [2.75, 3.05) is 11.1 Å². The summed E-state index contributed by atoms with van der Waals surface area (Å²) in [6, 6.07) is 24.7. The second-order valence-electron chi connectivity index (χ2n) is 8.17. The van der Waals surface area contributed by atoms with Crippen LogP contribution < -0.4 is 5.32 Å². The van der Waals surface area contributed by atoms with Crippen molar-refractivity contribution >= 4 is 102 Å². The Morgan fingerprint density at radius 1 is 0.973 bits per heavy atom. The fourth-order valence-electron chi connectivity index (χ4n) is 3.94. The lowest BCUT2D eigenvalue weighted by atomic mass is 10.1. The lowest BCUT2D eigenvalue weighted by molar-refractivity contribution is -0.113. The topological polar surface area (TPSA) is 67.5 Å². The van der Waals surface area contributed by atoms with E-state index in [4.69, 9.17) is 27.6 Å². The molecule has 2 heterocycles. The van der Waals surface area contributed by atoms with Crippen molar-refractivity contribution in [3.05, 3.63) is 94.5 Å². The Morgan fingerprint density at radius 2 is 1.78 bits per heavy atom. The largest absolute Gasteiger partial charge is 0.456 e. The van der Waals surface area contributed by atoms with Crippen molar-refractivity contribution in [3.63, 3.8) is 0 Å². The number of amides is 1. The highest BCUT2D eigenvalue weighted by Gasteiger charge is 2.11. The second-order valence-corrected chi connectivity index (χ2v) is 11.2. The van der Waals surface area contributed by atoms with Crippen molar-refractivity contribution in [3.8, 4) is 0 Å². The van der Waals surface area contributed by atoms with Crippen LogP contribution in [-0.2, 0) is 4.79 Å². The van der Waals surface area contributed by atoms with Gasteiger partial charge in [0.2, 0.25) is 5.91 Å². The first kappa shape index (κ1) is 24.0. The number of benzene rings is 4. The van der Waals surface area contributed by atoms with Gasteiger partial charge in [-0.25, -0.2) is 4.98 Å². The van der Waals surface area contributed by atoms with Crippen LogP contribution in [0.4, 0.5) is 11.4 Å². The molecule has 37 heavy (non-hydrogen) atoms. The molecule has 0 fully saturated rings. The standard InChI is InChI=1S/C28H17Cl2N3O2S2/c29-21-5-3-6-22(30)20(21)14-31-16-9-11-23-26(13-16)37-28(33-23)36-15-27(34)32-17-8-10-19-18-4-1-2-7-24(18)35-25(19)12-17/h1-14H,15H2,(H,32,34). The van der Waals surface area contributed by atoms with Gasteiger partial charge >= 0.3 is 0 Å². The van der Waals surface area contributed by atoms with Gasteiger partial charge in [-0.2, -0.15) is 0 Å². The molecule has 6 rings (SSSR count). The summed E-state index contributed by atoms with van der Waals surface area (Å²) in [7, 11) is 0. The molecule has 0 aliphatic heterocycles. The van der Waals surface area contributed by atoms with E-state index in [0.29, 0.717) is 21.3 Å². The van der Waals surface area contributed by atoms with Crippen LogP contribution in [0.2, 0.25) is 10.0 Å². The number of rotatable bonds is 6. The van der Waals surface area contributed by atoms with Crippen LogP contribution in [0.3, 0.4) is 0 Å². The summed E-state index contributed by atoms with van der Waals surface area (Å²) in [5.74, 6) is 0.134. The number of hydrogen-bond acceptors (Lipinski definition) is 6. The number of aromatic nitrogens is 1. The highest BCUT2D eigenvalue weighted by molar-refractivity contribution is 8.01. The molecule has 0 saturated carbocycles. The molecule has 0 bridgehead atoms. The third-order valence-electron chi connectivity index (χ3n) is 5.68. The average Bonchev–Trinajstić information content (AvgIpc) is 3.47. The third kappa shape index (κ3) is 5.08. The summed E-state index contributed by atoms with van der Waals surface area (Å²) in [6.07, 6.45) is 1.66. The number of thiazole rings is 1. The summed E-state index contributed by atoms with van der Waals surface area (Å²) < 4.78 is 7.71. The molecule has 0 unspecified atom stereocenters. The Hall–Kier alpha value is -3.36. The minimum atomic E-state index is -0.110. The van der Waals surface area contributed by atoms with Gasteiger partial charge in [-0.3, -0.25) is 9.79 Å². The van der Waals surface area contributed by atoms with E-state index < -0.39 is 0 Å². The Labute approximate surface area is 230 Å². The molecular formula is C28H17Cl2N3O2S2. The molecule has 0 saturated heterocycles. The molecule has 0 spiro atoms. The molecule has 6 aromatic rings. The zero-order chi connectivity index (χ0) is 25.4. The molecule has 4 aromatic carbocycles. The van der Waals surface area contributed by atoms with E-state index in [9.17, 15) is 4.79 Å². The first-order chi connectivity index (χ1) is 18.0. The molecule has 2 aromatic heterocycles. The maximum absolute atomic E-state index is 12.6. The van der Waals surface area contributed by atoms with Crippen LogP contribution in [0.1, 0.15) is 5.56 Å². The zero-order valence-corrected chi connectivity index (χ0v) is 22.2. The number of carbonyl (C=O) groups excluding carboxylic acids is 1. The first-order valence-corrected chi connectivity index (χ1v) is 13.8. The van der Waals surface area contributed by atoms with Crippen LogP contribution in [-0.4, -0.2) is 22.9 Å². The van der Waals surface area contributed by atoms with Gasteiger partial charge in [0, 0.05) is 34.3 Å². The summed E-state index contributed by atoms with van der Waals surface area (Å²) in [5.41, 5.74) is 4.57. The van der Waals surface area contributed by atoms with Crippen molar-refractivity contribution in [1.82, 2.24) is 4.98 Å². The summed E-state index contributed by atoms with van der Waals surface area (Å²) >= 11 is 15.4. The van der Waals surface area contributed by atoms with Gasteiger partial charge < -0.3 is 9.73 Å². The number of nitrogens with one attached hydrogen (secondary N) is 1. The number of nitrogens with zero attached hydrogens (tertiary/aromatic N) is 2. The van der Waals surface area contributed by atoms with Crippen molar-refractivity contribution < 1.29 is 9.21 Å². The van der Waals surface area contributed by atoms with Crippen LogP contribution in [0.15, 0.2) is 92.6 Å². The van der Waals surface area contributed by atoms with E-state index in [1.165, 1.54) is 23.1 Å². The van der Waals surface area contributed by atoms with Crippen molar-refractivity contribution in [1.29, 1.82) is 0 Å². The minimum Gasteiger partial charge on any atom is -0.456 e. The van der Waals surface area contributed by atoms with Gasteiger partial charge in [0.15, 0.2) is 4.34 Å². The summed E-state index contributed by atoms with van der Waals surface area (Å²) in [6.45, 7) is 0. The quantitative estimate of drug-likeness (QED) is 0.163. The smallest absolute Gasteiger partial charge is 0.234 e. The fourth-order valence-corrected chi connectivity index (χ4v) is 6.33. The number of aliphatic imine (C=N–C) groups is 1. The fraction of sp³-hybridized carbons (Fsp3) is 0.0357. The van der Waals surface area contributed by atoms with E-state index >= 15 is 0 Å². The molecule has 0 aliphatic rings. The van der Waals surface area contributed by atoms with Gasteiger partial charge in [-0.05, 0) is 48.5 Å². The SMILES string of the molecule is O=C(CSc1nc2ccc(N=Cc3c(Cl)cccc3Cl)cc2s1)Nc1ccc2c(c1)oc1ccccc12. The second kappa shape index (κ2) is 10.2. The van der Waals surface area contributed by atoms with E-state index in [-0.39, 0.29) is 11.7 Å². The number of anilines is 1. The number of halogens is 2. The predicted octanol–water partition coefficient (Wildman–Crippen LogP) is 8.98. The third-order valence-corrected chi connectivity index (χ3v) is 8.50. The van der Waals surface area contributed by atoms with Gasteiger partial charge in [0.1, 0.15) is 11.2 Å².